The second-order valence-electron chi connectivity index (χ2n) is 3.57. The third-order valence-corrected chi connectivity index (χ3v) is 3.16. The first-order valence-electron chi connectivity index (χ1n) is 5.38. The van der Waals surface area contributed by atoms with Gasteiger partial charge in [-0.2, -0.15) is 5.10 Å². The minimum atomic E-state index is -0.308. The van der Waals surface area contributed by atoms with Crippen molar-refractivity contribution in [1.29, 1.82) is 0 Å². The second-order valence-corrected chi connectivity index (χ2v) is 4.36. The van der Waals surface area contributed by atoms with Gasteiger partial charge < -0.3 is 4.74 Å². The zero-order chi connectivity index (χ0) is 12.4. The average Bonchev–Trinajstić information content (AvgIpc) is 2.69. The van der Waals surface area contributed by atoms with Crippen molar-refractivity contribution in [2.24, 2.45) is 0 Å². The van der Waals surface area contributed by atoms with Crippen molar-refractivity contribution in [3.8, 4) is 0 Å². The number of esters is 1. The van der Waals surface area contributed by atoms with E-state index in [0.29, 0.717) is 17.2 Å². The predicted octanol–water partition coefficient (Wildman–Crippen LogP) is 2.54. The van der Waals surface area contributed by atoms with Crippen molar-refractivity contribution in [3.05, 3.63) is 29.5 Å². The number of hydrogen-bond acceptors (Lipinski definition) is 4. The maximum atomic E-state index is 11.9. The van der Waals surface area contributed by atoms with Crippen molar-refractivity contribution in [3.63, 3.8) is 0 Å². The molecule has 0 fully saturated rings. The highest BCUT2D eigenvalue weighted by Gasteiger charge is 2.20. The first kappa shape index (κ1) is 12.0. The SMILES string of the molecule is CCOC(=O)c1c(SC)nn2c(C)cccc12. The number of rotatable bonds is 3. The smallest absolute Gasteiger partial charge is 0.343 e. The molecule has 0 spiro atoms. The number of carbonyl (C=O) groups is 1. The molecule has 17 heavy (non-hydrogen) atoms. The highest BCUT2D eigenvalue weighted by molar-refractivity contribution is 7.98. The van der Waals surface area contributed by atoms with E-state index >= 15 is 0 Å². The van der Waals surface area contributed by atoms with Gasteiger partial charge in [-0.3, -0.25) is 0 Å². The Bertz CT molecular complexity index is 563. The minimum absolute atomic E-state index is 0.308. The van der Waals surface area contributed by atoms with E-state index in [0.717, 1.165) is 11.2 Å². The van der Waals surface area contributed by atoms with Gasteiger partial charge in [-0.15, -0.1) is 11.8 Å². The summed E-state index contributed by atoms with van der Waals surface area (Å²) in [6.07, 6.45) is 1.90. The molecule has 0 N–H and O–H groups in total. The molecule has 2 rings (SSSR count). The first-order chi connectivity index (χ1) is 8.19. The van der Waals surface area contributed by atoms with Gasteiger partial charge in [-0.1, -0.05) is 6.07 Å². The van der Waals surface area contributed by atoms with Gasteiger partial charge in [0.25, 0.3) is 0 Å². The summed E-state index contributed by atoms with van der Waals surface area (Å²) in [5, 5.41) is 5.12. The number of hydrogen-bond donors (Lipinski definition) is 0. The molecule has 0 bridgehead atoms. The fourth-order valence-corrected chi connectivity index (χ4v) is 2.28. The molecule has 0 amide bonds. The Balaban J connectivity index is 2.67. The molecule has 0 saturated heterocycles. The van der Waals surface area contributed by atoms with E-state index in [-0.39, 0.29) is 5.97 Å². The summed E-state index contributed by atoms with van der Waals surface area (Å²) in [4.78, 5) is 11.9. The molecule has 0 aliphatic heterocycles. The summed E-state index contributed by atoms with van der Waals surface area (Å²) >= 11 is 1.45. The Labute approximate surface area is 104 Å². The molecule has 0 unspecified atom stereocenters. The molecular formula is C12H14N2O2S. The molecule has 0 saturated carbocycles. The summed E-state index contributed by atoms with van der Waals surface area (Å²) in [5.74, 6) is -0.308. The Kier molecular flexibility index (Phi) is 3.38. The van der Waals surface area contributed by atoms with Crippen molar-refractivity contribution in [2.45, 2.75) is 18.9 Å². The standard InChI is InChI=1S/C12H14N2O2S/c1-4-16-12(15)10-9-7-5-6-8(2)14(9)13-11(10)17-3/h5-7H,4H2,1-3H3. The Morgan fingerprint density at radius 1 is 1.53 bits per heavy atom. The van der Waals surface area contributed by atoms with Crippen LogP contribution in [0.15, 0.2) is 23.2 Å². The van der Waals surface area contributed by atoms with E-state index in [1.807, 2.05) is 31.4 Å². The lowest BCUT2D eigenvalue weighted by atomic mass is 10.2. The molecule has 2 heterocycles. The predicted molar refractivity (Wildman–Crippen MR) is 67.7 cm³/mol. The van der Waals surface area contributed by atoms with Gasteiger partial charge >= 0.3 is 5.97 Å². The highest BCUT2D eigenvalue weighted by atomic mass is 32.2. The number of pyridine rings is 1. The summed E-state index contributed by atoms with van der Waals surface area (Å²) < 4.78 is 6.85. The van der Waals surface area contributed by atoms with Gasteiger partial charge in [-0.05, 0) is 32.2 Å². The molecule has 0 aromatic carbocycles. The Hall–Kier alpha value is -1.49. The molecule has 0 aliphatic carbocycles. The van der Waals surface area contributed by atoms with Crippen molar-refractivity contribution in [1.82, 2.24) is 9.61 Å². The number of carbonyl (C=O) groups excluding carboxylic acids is 1. The number of nitrogens with zero attached hydrogens (tertiary/aromatic N) is 2. The van der Waals surface area contributed by atoms with E-state index in [1.165, 1.54) is 11.8 Å². The molecule has 4 nitrogen and oxygen atoms in total. The van der Waals surface area contributed by atoms with Crippen LogP contribution in [-0.4, -0.2) is 28.4 Å². The lowest BCUT2D eigenvalue weighted by Crippen LogP contribution is -2.05. The van der Waals surface area contributed by atoms with Crippen molar-refractivity contribution >= 4 is 23.2 Å². The monoisotopic (exact) mass is 250 g/mol. The van der Waals surface area contributed by atoms with E-state index < -0.39 is 0 Å². The van der Waals surface area contributed by atoms with E-state index in [9.17, 15) is 4.79 Å². The summed E-state index contributed by atoms with van der Waals surface area (Å²) in [5.41, 5.74) is 2.35. The van der Waals surface area contributed by atoms with Gasteiger partial charge in [0.2, 0.25) is 0 Å². The summed E-state index contributed by atoms with van der Waals surface area (Å²) in [6.45, 7) is 4.13. The fraction of sp³-hybridized carbons (Fsp3) is 0.333. The summed E-state index contributed by atoms with van der Waals surface area (Å²) in [7, 11) is 0. The van der Waals surface area contributed by atoms with Crippen molar-refractivity contribution in [2.75, 3.05) is 12.9 Å². The Morgan fingerprint density at radius 3 is 2.94 bits per heavy atom. The van der Waals surface area contributed by atoms with Crippen LogP contribution in [0.2, 0.25) is 0 Å². The second kappa shape index (κ2) is 4.79. The maximum Gasteiger partial charge on any atom is 0.343 e. The van der Waals surface area contributed by atoms with Crippen LogP contribution < -0.4 is 0 Å². The van der Waals surface area contributed by atoms with Crippen LogP contribution in [0.5, 0.6) is 0 Å². The third-order valence-electron chi connectivity index (χ3n) is 2.49. The van der Waals surface area contributed by atoms with E-state index in [2.05, 4.69) is 5.10 Å². The van der Waals surface area contributed by atoms with Crippen LogP contribution in [-0.2, 0) is 4.74 Å². The molecule has 0 atom stereocenters. The van der Waals surface area contributed by atoms with Gasteiger partial charge in [0, 0.05) is 5.69 Å². The quantitative estimate of drug-likeness (QED) is 0.620. The molecule has 90 valence electrons. The van der Waals surface area contributed by atoms with Crippen LogP contribution in [0, 0.1) is 6.92 Å². The summed E-state index contributed by atoms with van der Waals surface area (Å²) in [6, 6.07) is 5.75. The lowest BCUT2D eigenvalue weighted by Gasteiger charge is -2.01. The highest BCUT2D eigenvalue weighted by Crippen LogP contribution is 2.25. The molecular weight excluding hydrogens is 236 g/mol. The van der Waals surface area contributed by atoms with Crippen LogP contribution in [0.25, 0.3) is 5.52 Å². The van der Waals surface area contributed by atoms with Gasteiger partial charge in [0.1, 0.15) is 10.6 Å². The van der Waals surface area contributed by atoms with Gasteiger partial charge in [0.05, 0.1) is 12.1 Å². The first-order valence-corrected chi connectivity index (χ1v) is 6.61. The number of aromatic nitrogens is 2. The van der Waals surface area contributed by atoms with Crippen LogP contribution in [0.4, 0.5) is 0 Å². The fourth-order valence-electron chi connectivity index (χ4n) is 1.72. The van der Waals surface area contributed by atoms with Crippen molar-refractivity contribution < 1.29 is 9.53 Å². The number of fused-ring (bicyclic) bond motifs is 1. The zero-order valence-corrected chi connectivity index (χ0v) is 10.9. The topological polar surface area (TPSA) is 43.6 Å². The van der Waals surface area contributed by atoms with E-state index in [1.54, 1.807) is 11.4 Å². The van der Waals surface area contributed by atoms with Gasteiger partial charge in [-0.25, -0.2) is 9.31 Å². The zero-order valence-electron chi connectivity index (χ0n) is 10.1. The largest absolute Gasteiger partial charge is 0.462 e. The van der Waals surface area contributed by atoms with Crippen LogP contribution in [0.3, 0.4) is 0 Å². The maximum absolute atomic E-state index is 11.9. The molecule has 5 heteroatoms. The number of ether oxygens (including phenoxy) is 1. The third kappa shape index (κ3) is 2.02. The normalized spacial score (nSPS) is 10.8. The van der Waals surface area contributed by atoms with Gasteiger partial charge in [0.15, 0.2) is 0 Å². The molecule has 0 radical (unpaired) electrons. The van der Waals surface area contributed by atoms with Crippen LogP contribution >= 0.6 is 11.8 Å². The molecule has 2 aromatic heterocycles. The minimum Gasteiger partial charge on any atom is -0.462 e. The average molecular weight is 250 g/mol. The lowest BCUT2D eigenvalue weighted by molar-refractivity contribution is 0.0524. The van der Waals surface area contributed by atoms with E-state index in [4.69, 9.17) is 4.74 Å². The molecule has 0 aliphatic rings. The number of thioether (sulfide) groups is 1. The molecule has 2 aromatic rings. The number of aryl methyl sites for hydroxylation is 1. The van der Waals surface area contributed by atoms with Crippen LogP contribution in [0.1, 0.15) is 23.0 Å². The Morgan fingerprint density at radius 2 is 2.29 bits per heavy atom.